The van der Waals surface area contributed by atoms with E-state index in [4.69, 9.17) is 21.8 Å². The Labute approximate surface area is 111 Å². The van der Waals surface area contributed by atoms with Crippen LogP contribution in [0.2, 0.25) is 5.02 Å². The molecule has 4 heteroatoms. The van der Waals surface area contributed by atoms with Gasteiger partial charge in [0.05, 0.1) is 6.26 Å². The average molecular weight is 268 g/mol. The number of rotatable bonds is 4. The molecular formula is C14H15ClFNO. The van der Waals surface area contributed by atoms with Gasteiger partial charge in [-0.3, -0.25) is 0 Å². The molecular weight excluding hydrogens is 253 g/mol. The highest BCUT2D eigenvalue weighted by Gasteiger charge is 2.15. The summed E-state index contributed by atoms with van der Waals surface area (Å²) < 4.78 is 18.5. The maximum atomic E-state index is 13.2. The van der Waals surface area contributed by atoms with Gasteiger partial charge >= 0.3 is 0 Å². The molecule has 2 N–H and O–H groups in total. The number of nitrogens with two attached hydrogens (primary N) is 1. The minimum absolute atomic E-state index is 0.238. The summed E-state index contributed by atoms with van der Waals surface area (Å²) in [4.78, 5) is 0. The molecule has 2 aromatic rings. The van der Waals surface area contributed by atoms with Crippen molar-refractivity contribution in [2.75, 3.05) is 0 Å². The smallest absolute Gasteiger partial charge is 0.123 e. The molecule has 18 heavy (non-hydrogen) atoms. The Morgan fingerprint density at radius 3 is 2.89 bits per heavy atom. The molecule has 0 aliphatic heterocycles. The predicted octanol–water partition coefficient (Wildman–Crippen LogP) is 3.88. The Morgan fingerprint density at radius 1 is 1.39 bits per heavy atom. The minimum Gasteiger partial charge on any atom is -0.469 e. The van der Waals surface area contributed by atoms with Gasteiger partial charge in [-0.05, 0) is 36.2 Å². The third-order valence-electron chi connectivity index (χ3n) is 2.95. The number of benzene rings is 1. The quantitative estimate of drug-likeness (QED) is 0.913. The van der Waals surface area contributed by atoms with Crippen molar-refractivity contribution >= 4 is 11.6 Å². The van der Waals surface area contributed by atoms with Crippen LogP contribution in [0.3, 0.4) is 0 Å². The fourth-order valence-corrected chi connectivity index (χ4v) is 2.21. The normalized spacial score (nSPS) is 12.7. The second-order valence-electron chi connectivity index (χ2n) is 4.20. The number of aryl methyl sites for hydroxylation is 1. The van der Waals surface area contributed by atoms with Crippen LogP contribution in [0.5, 0.6) is 0 Å². The van der Waals surface area contributed by atoms with Gasteiger partial charge in [-0.2, -0.15) is 0 Å². The summed E-state index contributed by atoms with van der Waals surface area (Å²) >= 11 is 6.03. The van der Waals surface area contributed by atoms with Gasteiger partial charge in [0.25, 0.3) is 0 Å². The van der Waals surface area contributed by atoms with Crippen molar-refractivity contribution in [1.29, 1.82) is 0 Å². The number of hydrogen-bond donors (Lipinski definition) is 1. The molecule has 96 valence electrons. The van der Waals surface area contributed by atoms with E-state index in [1.165, 1.54) is 12.1 Å². The minimum atomic E-state index is -0.301. The van der Waals surface area contributed by atoms with Crippen molar-refractivity contribution in [3.8, 4) is 0 Å². The maximum Gasteiger partial charge on any atom is 0.123 e. The molecule has 0 saturated carbocycles. The van der Waals surface area contributed by atoms with Crippen molar-refractivity contribution in [3.63, 3.8) is 0 Å². The third-order valence-corrected chi connectivity index (χ3v) is 3.32. The van der Waals surface area contributed by atoms with Gasteiger partial charge < -0.3 is 10.2 Å². The SMILES string of the molecule is CCc1occc1C(N)Cc1cc(F)ccc1Cl. The first-order chi connectivity index (χ1) is 8.61. The van der Waals surface area contributed by atoms with Gasteiger partial charge in [-0.15, -0.1) is 0 Å². The van der Waals surface area contributed by atoms with E-state index in [-0.39, 0.29) is 11.9 Å². The molecule has 0 radical (unpaired) electrons. The van der Waals surface area contributed by atoms with E-state index in [0.717, 1.165) is 17.7 Å². The molecule has 1 heterocycles. The van der Waals surface area contributed by atoms with Crippen molar-refractivity contribution < 1.29 is 8.81 Å². The van der Waals surface area contributed by atoms with E-state index in [1.54, 1.807) is 12.3 Å². The van der Waals surface area contributed by atoms with Gasteiger partial charge in [-0.25, -0.2) is 4.39 Å². The van der Waals surface area contributed by atoms with Crippen molar-refractivity contribution in [2.24, 2.45) is 5.73 Å². The lowest BCUT2D eigenvalue weighted by atomic mass is 9.99. The summed E-state index contributed by atoms with van der Waals surface area (Å²) in [5, 5.41) is 0.536. The molecule has 0 amide bonds. The van der Waals surface area contributed by atoms with Crippen molar-refractivity contribution in [3.05, 3.63) is 58.3 Å². The molecule has 0 bridgehead atoms. The lowest BCUT2D eigenvalue weighted by molar-refractivity contribution is 0.505. The van der Waals surface area contributed by atoms with Gasteiger partial charge in [0, 0.05) is 23.0 Å². The van der Waals surface area contributed by atoms with Crippen LogP contribution in [0.25, 0.3) is 0 Å². The van der Waals surface area contributed by atoms with Crippen LogP contribution >= 0.6 is 11.6 Å². The second-order valence-corrected chi connectivity index (χ2v) is 4.61. The van der Waals surface area contributed by atoms with E-state index < -0.39 is 0 Å². The average Bonchev–Trinajstić information content (AvgIpc) is 2.82. The summed E-state index contributed by atoms with van der Waals surface area (Å²) in [6.07, 6.45) is 2.90. The predicted molar refractivity (Wildman–Crippen MR) is 70.1 cm³/mol. The zero-order valence-corrected chi connectivity index (χ0v) is 10.9. The lowest BCUT2D eigenvalue weighted by Crippen LogP contribution is -2.14. The van der Waals surface area contributed by atoms with Crippen LogP contribution in [0.4, 0.5) is 4.39 Å². The van der Waals surface area contributed by atoms with E-state index in [0.29, 0.717) is 17.0 Å². The van der Waals surface area contributed by atoms with E-state index >= 15 is 0 Å². The summed E-state index contributed by atoms with van der Waals surface area (Å²) in [6.45, 7) is 2.00. The van der Waals surface area contributed by atoms with Gasteiger partial charge in [-0.1, -0.05) is 18.5 Å². The number of halogens is 2. The van der Waals surface area contributed by atoms with E-state index in [1.807, 2.05) is 13.0 Å². The van der Waals surface area contributed by atoms with Crippen LogP contribution in [0, 0.1) is 5.82 Å². The molecule has 2 rings (SSSR count). The fourth-order valence-electron chi connectivity index (χ4n) is 2.01. The maximum absolute atomic E-state index is 13.2. The largest absolute Gasteiger partial charge is 0.469 e. The Morgan fingerprint density at radius 2 is 2.17 bits per heavy atom. The molecule has 1 aromatic carbocycles. The molecule has 2 nitrogen and oxygen atoms in total. The van der Waals surface area contributed by atoms with E-state index in [9.17, 15) is 4.39 Å². The molecule has 1 atom stereocenters. The molecule has 0 aliphatic carbocycles. The van der Waals surface area contributed by atoms with Gasteiger partial charge in [0.1, 0.15) is 11.6 Å². The first-order valence-electron chi connectivity index (χ1n) is 5.87. The first kappa shape index (κ1) is 13.1. The number of furan rings is 1. The zero-order valence-electron chi connectivity index (χ0n) is 10.1. The Hall–Kier alpha value is -1.32. The van der Waals surface area contributed by atoms with Gasteiger partial charge in [0.15, 0.2) is 0 Å². The van der Waals surface area contributed by atoms with Gasteiger partial charge in [0.2, 0.25) is 0 Å². The molecule has 1 unspecified atom stereocenters. The molecule has 0 aliphatic rings. The van der Waals surface area contributed by atoms with Crippen LogP contribution in [-0.4, -0.2) is 0 Å². The van der Waals surface area contributed by atoms with Crippen molar-refractivity contribution in [1.82, 2.24) is 0 Å². The Bertz CT molecular complexity index is 538. The summed E-state index contributed by atoms with van der Waals surface area (Å²) in [6, 6.07) is 5.93. The molecule has 0 fully saturated rings. The van der Waals surface area contributed by atoms with Crippen LogP contribution in [-0.2, 0) is 12.8 Å². The summed E-state index contributed by atoms with van der Waals surface area (Å²) in [5.74, 6) is 0.569. The third kappa shape index (κ3) is 2.74. The van der Waals surface area contributed by atoms with Crippen LogP contribution in [0.1, 0.15) is 29.9 Å². The lowest BCUT2D eigenvalue weighted by Gasteiger charge is -2.12. The number of hydrogen-bond acceptors (Lipinski definition) is 2. The zero-order chi connectivity index (χ0) is 13.1. The van der Waals surface area contributed by atoms with Crippen LogP contribution < -0.4 is 5.73 Å². The standard InChI is InChI=1S/C14H15ClFNO/c1-2-14-11(5-6-18-14)13(17)8-9-7-10(16)3-4-12(9)15/h3-7,13H,2,8,17H2,1H3. The van der Waals surface area contributed by atoms with Crippen molar-refractivity contribution in [2.45, 2.75) is 25.8 Å². The first-order valence-corrected chi connectivity index (χ1v) is 6.25. The van der Waals surface area contributed by atoms with Crippen LogP contribution in [0.15, 0.2) is 34.9 Å². The topological polar surface area (TPSA) is 39.2 Å². The highest BCUT2D eigenvalue weighted by atomic mass is 35.5. The summed E-state index contributed by atoms with van der Waals surface area (Å²) in [5.41, 5.74) is 7.80. The second kappa shape index (κ2) is 5.55. The molecule has 0 saturated heterocycles. The molecule has 0 spiro atoms. The summed E-state index contributed by atoms with van der Waals surface area (Å²) in [7, 11) is 0. The van der Waals surface area contributed by atoms with E-state index in [2.05, 4.69) is 0 Å². The monoisotopic (exact) mass is 267 g/mol. The highest BCUT2D eigenvalue weighted by Crippen LogP contribution is 2.25. The Balaban J connectivity index is 2.21. The fraction of sp³-hybridized carbons (Fsp3) is 0.286. The molecule has 1 aromatic heterocycles. The highest BCUT2D eigenvalue weighted by molar-refractivity contribution is 6.31. The Kier molecular flexibility index (Phi) is 4.04.